The van der Waals surface area contributed by atoms with Gasteiger partial charge in [0.05, 0.1) is 10.9 Å². The minimum Gasteiger partial charge on any atom is -0.440 e. The van der Waals surface area contributed by atoms with E-state index >= 15 is 0 Å². The number of carbonyl (C=O) groups is 1. The standard InChI is InChI=1S/C25H14ClFN2O3S/c26-22-17-6-1-2-7-20(17)33-23(22)25(30)31-15-8-9-16-19(11-15)32-24(29)18(12-28)21(16)13-4-3-5-14(27)10-13/h1-11,21H,29H2. The molecule has 33 heavy (non-hydrogen) atoms. The number of rotatable bonds is 3. The van der Waals surface area contributed by atoms with Gasteiger partial charge in [-0.3, -0.25) is 0 Å². The molecule has 2 N–H and O–H groups in total. The Morgan fingerprint density at radius 3 is 2.73 bits per heavy atom. The molecule has 0 bridgehead atoms. The van der Waals surface area contributed by atoms with E-state index in [-0.39, 0.29) is 17.2 Å². The fourth-order valence-corrected chi connectivity index (χ4v) is 5.21. The van der Waals surface area contributed by atoms with Crippen LogP contribution in [0.2, 0.25) is 5.02 Å². The molecule has 0 amide bonds. The predicted molar refractivity (Wildman–Crippen MR) is 124 cm³/mol. The van der Waals surface area contributed by atoms with E-state index in [1.54, 1.807) is 24.3 Å². The van der Waals surface area contributed by atoms with Gasteiger partial charge in [0.1, 0.15) is 33.8 Å². The van der Waals surface area contributed by atoms with E-state index < -0.39 is 17.7 Å². The lowest BCUT2D eigenvalue weighted by molar-refractivity contribution is 0.0740. The van der Waals surface area contributed by atoms with Gasteiger partial charge in [-0.05, 0) is 29.8 Å². The van der Waals surface area contributed by atoms with Crippen LogP contribution in [0.25, 0.3) is 10.1 Å². The molecule has 0 aliphatic carbocycles. The molecule has 0 fully saturated rings. The molecule has 1 aromatic heterocycles. The number of hydrogen-bond acceptors (Lipinski definition) is 6. The van der Waals surface area contributed by atoms with Crippen LogP contribution in [0.15, 0.2) is 78.2 Å². The first-order valence-corrected chi connectivity index (χ1v) is 11.0. The minimum atomic E-state index is -0.615. The molecule has 3 aromatic carbocycles. The average Bonchev–Trinajstić information content (AvgIpc) is 3.15. The second-order valence-corrected chi connectivity index (χ2v) is 8.74. The summed E-state index contributed by atoms with van der Waals surface area (Å²) in [5.74, 6) is -1.19. The van der Waals surface area contributed by atoms with E-state index in [2.05, 4.69) is 6.07 Å². The molecule has 1 aliphatic heterocycles. The molecule has 1 atom stereocenters. The fraction of sp³-hybridized carbons (Fsp3) is 0.0400. The number of nitrogens with zero attached hydrogens (tertiary/aromatic N) is 1. The van der Waals surface area contributed by atoms with Crippen molar-refractivity contribution >= 4 is 39.0 Å². The number of halogens is 2. The van der Waals surface area contributed by atoms with Gasteiger partial charge in [0.25, 0.3) is 0 Å². The summed E-state index contributed by atoms with van der Waals surface area (Å²) in [6.45, 7) is 0. The molecule has 5 rings (SSSR count). The highest BCUT2D eigenvalue weighted by Crippen LogP contribution is 2.44. The molecular formula is C25H14ClFN2O3S. The summed E-state index contributed by atoms with van der Waals surface area (Å²) >= 11 is 7.63. The summed E-state index contributed by atoms with van der Waals surface area (Å²) in [6.07, 6.45) is 0. The van der Waals surface area contributed by atoms with E-state index in [1.165, 1.54) is 29.5 Å². The largest absolute Gasteiger partial charge is 0.440 e. The Kier molecular flexibility index (Phi) is 5.25. The SMILES string of the molecule is N#CC1=C(N)Oc2cc(OC(=O)c3sc4ccccc4c3Cl)ccc2C1c1cccc(F)c1. The summed E-state index contributed by atoms with van der Waals surface area (Å²) in [5, 5.41) is 10.8. The zero-order chi connectivity index (χ0) is 23.1. The maximum Gasteiger partial charge on any atom is 0.355 e. The number of esters is 1. The lowest BCUT2D eigenvalue weighted by Gasteiger charge is -2.26. The zero-order valence-corrected chi connectivity index (χ0v) is 18.4. The number of thiophene rings is 1. The van der Waals surface area contributed by atoms with Crippen molar-refractivity contribution in [3.8, 4) is 17.6 Å². The van der Waals surface area contributed by atoms with Crippen molar-refractivity contribution in [2.45, 2.75) is 5.92 Å². The summed E-state index contributed by atoms with van der Waals surface area (Å²) < 4.78 is 25.9. The van der Waals surface area contributed by atoms with Crippen molar-refractivity contribution in [1.29, 1.82) is 5.26 Å². The highest BCUT2D eigenvalue weighted by atomic mass is 35.5. The molecule has 0 spiro atoms. The predicted octanol–water partition coefficient (Wildman–Crippen LogP) is 6.13. The Hall–Kier alpha value is -3.86. The first-order valence-electron chi connectivity index (χ1n) is 9.82. The fourth-order valence-electron chi connectivity index (χ4n) is 3.83. The van der Waals surface area contributed by atoms with Gasteiger partial charge in [-0.15, -0.1) is 11.3 Å². The van der Waals surface area contributed by atoms with Crippen molar-refractivity contribution < 1.29 is 18.7 Å². The first kappa shape index (κ1) is 21.0. The molecule has 2 heterocycles. The summed E-state index contributed by atoms with van der Waals surface area (Å²) in [6, 6.07) is 20.2. The number of hydrogen-bond donors (Lipinski definition) is 1. The summed E-state index contributed by atoms with van der Waals surface area (Å²) in [7, 11) is 0. The smallest absolute Gasteiger partial charge is 0.355 e. The minimum absolute atomic E-state index is 0.0877. The van der Waals surface area contributed by atoms with E-state index in [9.17, 15) is 14.4 Å². The molecule has 0 saturated carbocycles. The third kappa shape index (κ3) is 3.69. The normalized spacial score (nSPS) is 15.0. The van der Waals surface area contributed by atoms with Gasteiger partial charge in [0.15, 0.2) is 0 Å². The second kappa shape index (κ2) is 8.24. The van der Waals surface area contributed by atoms with Crippen LogP contribution in [0, 0.1) is 17.1 Å². The van der Waals surface area contributed by atoms with Crippen molar-refractivity contribution in [2.24, 2.45) is 5.73 Å². The van der Waals surface area contributed by atoms with Gasteiger partial charge >= 0.3 is 5.97 Å². The summed E-state index contributed by atoms with van der Waals surface area (Å²) in [5.41, 5.74) is 7.33. The van der Waals surface area contributed by atoms with Crippen molar-refractivity contribution in [3.63, 3.8) is 0 Å². The highest BCUT2D eigenvalue weighted by molar-refractivity contribution is 7.21. The van der Waals surface area contributed by atoms with E-state index in [4.69, 9.17) is 26.8 Å². The van der Waals surface area contributed by atoms with E-state index in [0.717, 1.165) is 10.1 Å². The van der Waals surface area contributed by atoms with E-state index in [0.29, 0.717) is 26.8 Å². The third-order valence-corrected chi connectivity index (χ3v) is 6.96. The summed E-state index contributed by atoms with van der Waals surface area (Å²) in [4.78, 5) is 13.1. The number of benzene rings is 3. The van der Waals surface area contributed by atoms with Crippen LogP contribution in [0.5, 0.6) is 11.5 Å². The lowest BCUT2D eigenvalue weighted by Crippen LogP contribution is -2.21. The van der Waals surface area contributed by atoms with Crippen LogP contribution < -0.4 is 15.2 Å². The number of nitriles is 1. The Morgan fingerprint density at radius 1 is 1.15 bits per heavy atom. The molecular weight excluding hydrogens is 463 g/mol. The quantitative estimate of drug-likeness (QED) is 0.284. The zero-order valence-electron chi connectivity index (χ0n) is 16.8. The number of nitrogens with two attached hydrogens (primary N) is 1. The average molecular weight is 477 g/mol. The topological polar surface area (TPSA) is 85.3 Å². The highest BCUT2D eigenvalue weighted by Gasteiger charge is 2.31. The van der Waals surface area contributed by atoms with Crippen molar-refractivity contribution in [1.82, 2.24) is 0 Å². The first-order chi connectivity index (χ1) is 16.0. The lowest BCUT2D eigenvalue weighted by atomic mass is 9.83. The number of ether oxygens (including phenoxy) is 2. The van der Waals surface area contributed by atoms with E-state index in [1.807, 2.05) is 24.3 Å². The Morgan fingerprint density at radius 2 is 1.97 bits per heavy atom. The molecule has 0 radical (unpaired) electrons. The molecule has 5 nitrogen and oxygen atoms in total. The van der Waals surface area contributed by atoms with Gasteiger partial charge in [-0.25, -0.2) is 9.18 Å². The van der Waals surface area contributed by atoms with Crippen LogP contribution in [0.4, 0.5) is 4.39 Å². The maximum absolute atomic E-state index is 13.9. The molecule has 1 unspecified atom stereocenters. The number of allylic oxidation sites excluding steroid dienone is 1. The number of carbonyl (C=O) groups excluding carboxylic acids is 1. The Balaban J connectivity index is 1.50. The van der Waals surface area contributed by atoms with Crippen molar-refractivity contribution in [3.05, 3.63) is 105 Å². The van der Waals surface area contributed by atoms with Crippen LogP contribution in [-0.4, -0.2) is 5.97 Å². The van der Waals surface area contributed by atoms with Gasteiger partial charge in [0, 0.05) is 21.7 Å². The van der Waals surface area contributed by atoms with Gasteiger partial charge < -0.3 is 15.2 Å². The Bertz CT molecular complexity index is 1510. The van der Waals surface area contributed by atoms with Crippen LogP contribution in [-0.2, 0) is 0 Å². The molecule has 162 valence electrons. The molecule has 4 aromatic rings. The van der Waals surface area contributed by atoms with Gasteiger partial charge in [-0.2, -0.15) is 5.26 Å². The molecule has 0 saturated heterocycles. The van der Waals surface area contributed by atoms with Crippen LogP contribution >= 0.6 is 22.9 Å². The second-order valence-electron chi connectivity index (χ2n) is 7.31. The van der Waals surface area contributed by atoms with Crippen LogP contribution in [0.3, 0.4) is 0 Å². The van der Waals surface area contributed by atoms with Gasteiger partial charge in [-0.1, -0.05) is 48.0 Å². The maximum atomic E-state index is 13.9. The van der Waals surface area contributed by atoms with Gasteiger partial charge in [0.2, 0.25) is 5.88 Å². The van der Waals surface area contributed by atoms with Crippen LogP contribution in [0.1, 0.15) is 26.7 Å². The van der Waals surface area contributed by atoms with Crippen molar-refractivity contribution in [2.75, 3.05) is 0 Å². The monoisotopic (exact) mass is 476 g/mol. The number of fused-ring (bicyclic) bond motifs is 2. The molecule has 1 aliphatic rings. The third-order valence-electron chi connectivity index (χ3n) is 5.30. The Labute approximate surface area is 197 Å². The molecule has 8 heteroatoms.